The van der Waals surface area contributed by atoms with E-state index in [2.05, 4.69) is 4.74 Å². The van der Waals surface area contributed by atoms with Gasteiger partial charge in [0.05, 0.1) is 13.7 Å². The summed E-state index contributed by atoms with van der Waals surface area (Å²) >= 11 is 0. The molecule has 0 saturated heterocycles. The van der Waals surface area contributed by atoms with Crippen LogP contribution in [0.5, 0.6) is 5.75 Å². The second-order valence-electron chi connectivity index (χ2n) is 3.41. The lowest BCUT2D eigenvalue weighted by Crippen LogP contribution is -2.10. The van der Waals surface area contributed by atoms with E-state index in [0.29, 0.717) is 5.75 Å². The van der Waals surface area contributed by atoms with Gasteiger partial charge in [-0.25, -0.2) is 4.79 Å². The van der Waals surface area contributed by atoms with Crippen molar-refractivity contribution in [3.8, 4) is 5.75 Å². The van der Waals surface area contributed by atoms with Crippen LogP contribution in [0.3, 0.4) is 0 Å². The Kier molecular flexibility index (Phi) is 5.17. The maximum absolute atomic E-state index is 13.5. The fourth-order valence-corrected chi connectivity index (χ4v) is 1.25. The minimum atomic E-state index is -1.83. The number of carbonyl (C=O) groups excluding carboxylic acids is 2. The van der Waals surface area contributed by atoms with E-state index in [4.69, 9.17) is 4.74 Å². The van der Waals surface area contributed by atoms with Crippen LogP contribution in [0.2, 0.25) is 0 Å². The smallest absolute Gasteiger partial charge is 0.370 e. The highest BCUT2D eigenvalue weighted by atomic mass is 19.2. The van der Waals surface area contributed by atoms with E-state index in [0.717, 1.165) is 0 Å². The third kappa shape index (κ3) is 3.61. The lowest BCUT2D eigenvalue weighted by Gasteiger charge is -2.03. The van der Waals surface area contributed by atoms with E-state index < -0.39 is 23.4 Å². The molecule has 0 fully saturated rings. The van der Waals surface area contributed by atoms with Gasteiger partial charge < -0.3 is 9.47 Å². The van der Waals surface area contributed by atoms with Crippen molar-refractivity contribution in [3.05, 3.63) is 41.5 Å². The number of hydrogen-bond donors (Lipinski definition) is 0. The molecule has 0 radical (unpaired) electrons. The average molecular weight is 270 g/mol. The standard InChI is InChI=1S/C13H12F2O4/c1-3-19-13(17)11(15)10(14)12(16)8-4-6-9(18-2)7-5-8/h4-7H,3H2,1-2H3/b11-10-. The molecule has 0 spiro atoms. The Morgan fingerprint density at radius 3 is 2.16 bits per heavy atom. The molecule has 4 nitrogen and oxygen atoms in total. The van der Waals surface area contributed by atoms with Gasteiger partial charge in [0.1, 0.15) is 5.75 Å². The summed E-state index contributed by atoms with van der Waals surface area (Å²) in [4.78, 5) is 22.5. The zero-order valence-corrected chi connectivity index (χ0v) is 10.4. The maximum atomic E-state index is 13.5. The molecule has 0 aliphatic heterocycles. The second kappa shape index (κ2) is 6.63. The van der Waals surface area contributed by atoms with E-state index in [9.17, 15) is 18.4 Å². The van der Waals surface area contributed by atoms with Gasteiger partial charge >= 0.3 is 5.97 Å². The monoisotopic (exact) mass is 270 g/mol. The van der Waals surface area contributed by atoms with Gasteiger partial charge in [-0.15, -0.1) is 0 Å². The zero-order chi connectivity index (χ0) is 14.4. The van der Waals surface area contributed by atoms with Crippen molar-refractivity contribution in [3.63, 3.8) is 0 Å². The molecule has 0 aliphatic rings. The Balaban J connectivity index is 2.97. The molecule has 0 atom stereocenters. The number of allylic oxidation sites excluding steroid dienone is 1. The molecule has 102 valence electrons. The van der Waals surface area contributed by atoms with Crippen LogP contribution in [0.15, 0.2) is 35.9 Å². The number of halogens is 2. The summed E-state index contributed by atoms with van der Waals surface area (Å²) in [5, 5.41) is 0. The minimum Gasteiger partial charge on any atom is -0.497 e. The molecule has 0 N–H and O–H groups in total. The van der Waals surface area contributed by atoms with Gasteiger partial charge in [0.15, 0.2) is 0 Å². The van der Waals surface area contributed by atoms with E-state index in [1.165, 1.54) is 38.3 Å². The largest absolute Gasteiger partial charge is 0.497 e. The van der Waals surface area contributed by atoms with Gasteiger partial charge in [0, 0.05) is 5.56 Å². The molecule has 0 aliphatic carbocycles. The summed E-state index contributed by atoms with van der Waals surface area (Å²) < 4.78 is 35.8. The van der Waals surface area contributed by atoms with Crippen LogP contribution < -0.4 is 4.74 Å². The molecule has 0 bridgehead atoms. The third-order valence-corrected chi connectivity index (χ3v) is 2.20. The first-order valence-electron chi connectivity index (χ1n) is 5.42. The summed E-state index contributed by atoms with van der Waals surface area (Å²) in [6.45, 7) is 1.32. The molecule has 0 saturated carbocycles. The summed E-state index contributed by atoms with van der Waals surface area (Å²) in [5.41, 5.74) is -0.0993. The van der Waals surface area contributed by atoms with Crippen LogP contribution in [0.4, 0.5) is 8.78 Å². The molecule has 0 aromatic heterocycles. The van der Waals surface area contributed by atoms with E-state index in [-0.39, 0.29) is 12.2 Å². The molecular formula is C13H12F2O4. The highest BCUT2D eigenvalue weighted by molar-refractivity contribution is 6.10. The van der Waals surface area contributed by atoms with Gasteiger partial charge in [-0.3, -0.25) is 4.79 Å². The number of methoxy groups -OCH3 is 1. The van der Waals surface area contributed by atoms with Crippen LogP contribution in [-0.4, -0.2) is 25.5 Å². The van der Waals surface area contributed by atoms with Gasteiger partial charge in [0.2, 0.25) is 17.4 Å². The second-order valence-corrected chi connectivity index (χ2v) is 3.41. The Morgan fingerprint density at radius 1 is 1.11 bits per heavy atom. The van der Waals surface area contributed by atoms with E-state index in [1.807, 2.05) is 0 Å². The average Bonchev–Trinajstić information content (AvgIpc) is 2.45. The number of hydrogen-bond acceptors (Lipinski definition) is 4. The van der Waals surface area contributed by atoms with Crippen LogP contribution in [0.25, 0.3) is 0 Å². The van der Waals surface area contributed by atoms with Crippen molar-refractivity contribution in [2.75, 3.05) is 13.7 Å². The van der Waals surface area contributed by atoms with Gasteiger partial charge in [-0.2, -0.15) is 8.78 Å². The predicted octanol–water partition coefficient (Wildman–Crippen LogP) is 2.59. The molecule has 0 heterocycles. The number of esters is 1. The fourth-order valence-electron chi connectivity index (χ4n) is 1.25. The predicted molar refractivity (Wildman–Crippen MR) is 63.2 cm³/mol. The topological polar surface area (TPSA) is 52.6 Å². The number of carbonyl (C=O) groups is 2. The van der Waals surface area contributed by atoms with Crippen molar-refractivity contribution in [2.24, 2.45) is 0 Å². The fraction of sp³-hybridized carbons (Fsp3) is 0.231. The number of Topliss-reactive ketones (excluding diaryl/α,β-unsaturated/α-hetero) is 1. The van der Waals surface area contributed by atoms with Gasteiger partial charge in [-0.05, 0) is 31.2 Å². The quantitative estimate of drug-likeness (QED) is 0.469. The van der Waals surface area contributed by atoms with Crippen molar-refractivity contribution in [1.29, 1.82) is 0 Å². The third-order valence-electron chi connectivity index (χ3n) is 2.20. The number of benzene rings is 1. The highest BCUT2D eigenvalue weighted by Crippen LogP contribution is 2.18. The molecule has 19 heavy (non-hydrogen) atoms. The molecule has 0 amide bonds. The molecular weight excluding hydrogens is 258 g/mol. The number of ether oxygens (including phenoxy) is 2. The molecule has 1 aromatic carbocycles. The Bertz CT molecular complexity index is 506. The summed E-state index contributed by atoms with van der Waals surface area (Å²) in [7, 11) is 1.43. The van der Waals surface area contributed by atoms with Crippen LogP contribution in [0, 0.1) is 0 Å². The first kappa shape index (κ1) is 14.8. The molecule has 0 unspecified atom stereocenters. The minimum absolute atomic E-state index is 0.0993. The van der Waals surface area contributed by atoms with Gasteiger partial charge in [-0.1, -0.05) is 0 Å². The maximum Gasteiger partial charge on any atom is 0.370 e. The lowest BCUT2D eigenvalue weighted by atomic mass is 10.1. The Labute approximate surface area is 108 Å². The summed E-state index contributed by atoms with van der Waals surface area (Å²) in [6.07, 6.45) is 0. The van der Waals surface area contributed by atoms with Crippen molar-refractivity contribution >= 4 is 11.8 Å². The van der Waals surface area contributed by atoms with Crippen LogP contribution >= 0.6 is 0 Å². The van der Waals surface area contributed by atoms with E-state index >= 15 is 0 Å². The normalized spacial score (nSPS) is 11.6. The molecule has 6 heteroatoms. The Hall–Kier alpha value is -2.24. The van der Waals surface area contributed by atoms with Crippen LogP contribution in [-0.2, 0) is 9.53 Å². The molecule has 1 rings (SSSR count). The number of rotatable bonds is 5. The zero-order valence-electron chi connectivity index (χ0n) is 10.4. The van der Waals surface area contributed by atoms with E-state index in [1.54, 1.807) is 0 Å². The molecule has 1 aromatic rings. The Morgan fingerprint density at radius 2 is 1.68 bits per heavy atom. The first-order chi connectivity index (χ1) is 9.01. The van der Waals surface area contributed by atoms with Crippen molar-refractivity contribution < 1.29 is 27.8 Å². The highest BCUT2D eigenvalue weighted by Gasteiger charge is 2.23. The SMILES string of the molecule is CCOC(=O)/C(F)=C(/F)C(=O)c1ccc(OC)cc1. The van der Waals surface area contributed by atoms with Gasteiger partial charge in [0.25, 0.3) is 0 Å². The van der Waals surface area contributed by atoms with Crippen molar-refractivity contribution in [1.82, 2.24) is 0 Å². The summed E-state index contributed by atoms with van der Waals surface area (Å²) in [6, 6.07) is 5.37. The van der Waals surface area contributed by atoms with Crippen LogP contribution in [0.1, 0.15) is 17.3 Å². The lowest BCUT2D eigenvalue weighted by molar-refractivity contribution is -0.140. The number of ketones is 1. The summed E-state index contributed by atoms with van der Waals surface area (Å²) in [5.74, 6) is -5.87. The first-order valence-corrected chi connectivity index (χ1v) is 5.42. The van der Waals surface area contributed by atoms with Crippen molar-refractivity contribution in [2.45, 2.75) is 6.92 Å².